The van der Waals surface area contributed by atoms with Crippen LogP contribution in [-0.2, 0) is 5.41 Å². The van der Waals surface area contributed by atoms with Crippen molar-refractivity contribution in [2.75, 3.05) is 0 Å². The summed E-state index contributed by atoms with van der Waals surface area (Å²) in [6, 6.07) is 14.5. The van der Waals surface area contributed by atoms with E-state index < -0.39 is 0 Å². The SMILES string of the molecule is C=C1SC(=Nc2ccccc2)C1(C)c1ccc(C)s1. The molecule has 2 aromatic rings. The summed E-state index contributed by atoms with van der Waals surface area (Å²) in [5.74, 6) is 0. The van der Waals surface area contributed by atoms with Gasteiger partial charge in [-0.05, 0) is 38.1 Å². The molecule has 19 heavy (non-hydrogen) atoms. The molecule has 1 aliphatic rings. The maximum atomic E-state index is 4.78. The fourth-order valence-electron chi connectivity index (χ4n) is 2.09. The second-order valence-corrected chi connectivity index (χ2v) is 7.18. The number of aryl methyl sites for hydroxylation is 1. The zero-order valence-electron chi connectivity index (χ0n) is 11.0. The molecule has 0 amide bonds. The number of thiophene rings is 1. The zero-order chi connectivity index (χ0) is 13.5. The van der Waals surface area contributed by atoms with E-state index in [4.69, 9.17) is 4.99 Å². The molecule has 96 valence electrons. The average molecular weight is 285 g/mol. The summed E-state index contributed by atoms with van der Waals surface area (Å²) in [5.41, 5.74) is 0.913. The summed E-state index contributed by atoms with van der Waals surface area (Å²) >= 11 is 3.53. The van der Waals surface area contributed by atoms with Gasteiger partial charge in [0.15, 0.2) is 0 Å². The van der Waals surface area contributed by atoms with E-state index in [1.54, 1.807) is 11.8 Å². The van der Waals surface area contributed by atoms with Crippen molar-refractivity contribution in [1.82, 2.24) is 0 Å². The minimum atomic E-state index is -0.0978. The normalized spacial score (nSPS) is 24.5. The Kier molecular flexibility index (Phi) is 3.11. The number of para-hydroxylation sites is 1. The lowest BCUT2D eigenvalue weighted by atomic mass is 9.88. The van der Waals surface area contributed by atoms with E-state index in [2.05, 4.69) is 32.6 Å². The Morgan fingerprint density at radius 1 is 1.11 bits per heavy atom. The molecule has 0 saturated carbocycles. The maximum absolute atomic E-state index is 4.78. The third kappa shape index (κ3) is 2.07. The van der Waals surface area contributed by atoms with Gasteiger partial charge in [-0.1, -0.05) is 36.5 Å². The molecule has 3 rings (SSSR count). The average Bonchev–Trinajstić information content (AvgIpc) is 2.85. The van der Waals surface area contributed by atoms with E-state index in [9.17, 15) is 0 Å². The van der Waals surface area contributed by atoms with E-state index >= 15 is 0 Å². The van der Waals surface area contributed by atoms with Crippen LogP contribution in [0.5, 0.6) is 0 Å². The molecule has 1 aromatic heterocycles. The Bertz CT molecular complexity index is 654. The van der Waals surface area contributed by atoms with Gasteiger partial charge in [-0.3, -0.25) is 0 Å². The zero-order valence-corrected chi connectivity index (χ0v) is 12.6. The van der Waals surface area contributed by atoms with Crippen LogP contribution < -0.4 is 0 Å². The number of hydrogen-bond donors (Lipinski definition) is 0. The molecule has 1 aromatic carbocycles. The molecule has 0 N–H and O–H groups in total. The summed E-state index contributed by atoms with van der Waals surface area (Å²) in [6.07, 6.45) is 0. The fourth-order valence-corrected chi connectivity index (χ4v) is 4.35. The van der Waals surface area contributed by atoms with Crippen LogP contribution in [0.3, 0.4) is 0 Å². The highest BCUT2D eigenvalue weighted by Crippen LogP contribution is 2.54. The molecular weight excluding hydrogens is 270 g/mol. The molecular formula is C16H15NS2. The van der Waals surface area contributed by atoms with Gasteiger partial charge in [0.1, 0.15) is 0 Å². The molecule has 1 unspecified atom stereocenters. The highest BCUT2D eigenvalue weighted by atomic mass is 32.2. The van der Waals surface area contributed by atoms with Crippen LogP contribution in [-0.4, -0.2) is 5.04 Å². The molecule has 0 bridgehead atoms. The van der Waals surface area contributed by atoms with Crippen molar-refractivity contribution in [2.45, 2.75) is 19.3 Å². The van der Waals surface area contributed by atoms with Gasteiger partial charge < -0.3 is 0 Å². The fraction of sp³-hybridized carbons (Fsp3) is 0.188. The minimum absolute atomic E-state index is 0.0978. The second-order valence-electron chi connectivity index (χ2n) is 4.81. The highest BCUT2D eigenvalue weighted by Gasteiger charge is 2.47. The Morgan fingerprint density at radius 2 is 1.84 bits per heavy atom. The number of rotatable bonds is 2. The highest BCUT2D eigenvalue weighted by molar-refractivity contribution is 8.20. The van der Waals surface area contributed by atoms with Gasteiger partial charge in [0, 0.05) is 14.7 Å². The number of thioether (sulfide) groups is 1. The van der Waals surface area contributed by atoms with E-state index in [1.165, 1.54) is 14.7 Å². The van der Waals surface area contributed by atoms with Crippen molar-refractivity contribution in [1.29, 1.82) is 0 Å². The van der Waals surface area contributed by atoms with Gasteiger partial charge in [-0.25, -0.2) is 4.99 Å². The summed E-state index contributed by atoms with van der Waals surface area (Å²) in [7, 11) is 0. The van der Waals surface area contributed by atoms with Crippen molar-refractivity contribution in [2.24, 2.45) is 4.99 Å². The molecule has 1 atom stereocenters. The number of hydrogen-bond acceptors (Lipinski definition) is 3. The summed E-state index contributed by atoms with van der Waals surface area (Å²) < 4.78 is 0. The second kappa shape index (κ2) is 4.66. The van der Waals surface area contributed by atoms with Crippen molar-refractivity contribution in [3.8, 4) is 0 Å². The predicted octanol–water partition coefficient (Wildman–Crippen LogP) is 5.30. The predicted molar refractivity (Wildman–Crippen MR) is 86.7 cm³/mol. The van der Waals surface area contributed by atoms with E-state index in [0.717, 1.165) is 10.7 Å². The topological polar surface area (TPSA) is 12.4 Å². The molecule has 1 nitrogen and oxygen atoms in total. The lowest BCUT2D eigenvalue weighted by Crippen LogP contribution is -2.39. The third-order valence-electron chi connectivity index (χ3n) is 3.43. The molecule has 0 spiro atoms. The summed E-state index contributed by atoms with van der Waals surface area (Å²) in [5, 5.41) is 1.14. The smallest absolute Gasteiger partial charge is 0.0944 e. The van der Waals surface area contributed by atoms with E-state index in [1.807, 2.05) is 41.7 Å². The van der Waals surface area contributed by atoms with Crippen LogP contribution >= 0.6 is 23.1 Å². The number of allylic oxidation sites excluding steroid dienone is 1. The first-order valence-electron chi connectivity index (χ1n) is 6.19. The standard InChI is InChI=1S/C16H15NS2/c1-11-9-10-14(18-11)16(3)12(2)19-15(16)17-13-7-5-4-6-8-13/h4-10H,2H2,1,3H3. The van der Waals surface area contributed by atoms with Crippen LogP contribution in [0.2, 0.25) is 0 Å². The third-order valence-corrected chi connectivity index (χ3v) is 6.00. The van der Waals surface area contributed by atoms with Crippen LogP contribution in [0, 0.1) is 6.92 Å². The van der Waals surface area contributed by atoms with Gasteiger partial charge >= 0.3 is 0 Å². The number of benzene rings is 1. The van der Waals surface area contributed by atoms with E-state index in [-0.39, 0.29) is 5.41 Å². The first-order chi connectivity index (χ1) is 9.10. The van der Waals surface area contributed by atoms with Crippen molar-refractivity contribution < 1.29 is 0 Å². The van der Waals surface area contributed by atoms with Crippen LogP contribution in [0.4, 0.5) is 5.69 Å². The number of aliphatic imine (C=N–C) groups is 1. The van der Waals surface area contributed by atoms with Crippen LogP contribution in [0.25, 0.3) is 0 Å². The van der Waals surface area contributed by atoms with Gasteiger partial charge in [-0.2, -0.15) is 0 Å². The van der Waals surface area contributed by atoms with E-state index in [0.29, 0.717) is 0 Å². The monoisotopic (exact) mass is 285 g/mol. The minimum Gasteiger partial charge on any atom is -0.245 e. The molecule has 1 saturated heterocycles. The molecule has 0 aliphatic carbocycles. The quantitative estimate of drug-likeness (QED) is 0.729. The van der Waals surface area contributed by atoms with Crippen molar-refractivity contribution in [3.63, 3.8) is 0 Å². The van der Waals surface area contributed by atoms with Gasteiger partial charge in [0.25, 0.3) is 0 Å². The summed E-state index contributed by atoms with van der Waals surface area (Å²) in [6.45, 7) is 8.54. The lowest BCUT2D eigenvalue weighted by Gasteiger charge is -2.40. The Labute approximate surface area is 122 Å². The van der Waals surface area contributed by atoms with Gasteiger partial charge in [0.2, 0.25) is 0 Å². The first kappa shape index (κ1) is 12.7. The Balaban J connectivity index is 2.00. The van der Waals surface area contributed by atoms with Gasteiger partial charge in [0.05, 0.1) is 16.1 Å². The van der Waals surface area contributed by atoms with Gasteiger partial charge in [-0.15, -0.1) is 11.3 Å². The lowest BCUT2D eigenvalue weighted by molar-refractivity contribution is 0.815. The first-order valence-corrected chi connectivity index (χ1v) is 7.82. The number of nitrogens with zero attached hydrogens (tertiary/aromatic N) is 1. The van der Waals surface area contributed by atoms with Crippen molar-refractivity contribution in [3.05, 3.63) is 63.7 Å². The summed E-state index contributed by atoms with van der Waals surface area (Å²) in [4.78, 5) is 8.63. The molecule has 2 heterocycles. The molecule has 1 aliphatic heterocycles. The Hall–Kier alpha value is -1.32. The van der Waals surface area contributed by atoms with Crippen molar-refractivity contribution >= 4 is 33.8 Å². The molecule has 3 heteroatoms. The maximum Gasteiger partial charge on any atom is 0.0944 e. The largest absolute Gasteiger partial charge is 0.245 e. The molecule has 1 fully saturated rings. The van der Waals surface area contributed by atoms with Crippen LogP contribution in [0.15, 0.2) is 58.9 Å². The molecule has 0 radical (unpaired) electrons. The Morgan fingerprint density at radius 3 is 2.42 bits per heavy atom. The van der Waals surface area contributed by atoms with Crippen LogP contribution in [0.1, 0.15) is 16.7 Å².